The predicted molar refractivity (Wildman–Crippen MR) is 112 cm³/mol. The lowest BCUT2D eigenvalue weighted by Gasteiger charge is -2.01. The zero-order valence-corrected chi connectivity index (χ0v) is 17.1. The molecular formula is C17H13ClN4O2S3. The lowest BCUT2D eigenvalue weighted by Crippen LogP contribution is -2.18. The molecule has 0 saturated carbocycles. The van der Waals surface area contributed by atoms with Crippen molar-refractivity contribution in [2.75, 3.05) is 16.8 Å². The third kappa shape index (κ3) is 5.20. The predicted octanol–water partition coefficient (Wildman–Crippen LogP) is 3.25. The number of terminal acetylenes is 1. The molecule has 2 aromatic heterocycles. The van der Waals surface area contributed by atoms with Gasteiger partial charge in [-0.2, -0.15) is 4.99 Å². The van der Waals surface area contributed by atoms with Crippen LogP contribution < -0.4 is 10.1 Å². The van der Waals surface area contributed by atoms with Crippen LogP contribution in [0.4, 0.5) is 5.13 Å². The van der Waals surface area contributed by atoms with E-state index >= 15 is 0 Å². The quantitative estimate of drug-likeness (QED) is 0.602. The fraction of sp³-hybridized carbons (Fsp3) is 0.176. The Morgan fingerprint density at radius 2 is 2.26 bits per heavy atom. The fourth-order valence-electron chi connectivity index (χ4n) is 2.19. The number of rotatable bonds is 6. The Morgan fingerprint density at radius 3 is 3.00 bits per heavy atom. The fourth-order valence-corrected chi connectivity index (χ4v) is 4.65. The number of fused-ring (bicyclic) bond motifs is 1. The number of carbonyl (C=O) groups is 2. The zero-order chi connectivity index (χ0) is 19.2. The van der Waals surface area contributed by atoms with Crippen molar-refractivity contribution in [1.29, 1.82) is 0 Å². The van der Waals surface area contributed by atoms with Crippen LogP contribution in [0, 0.1) is 12.3 Å². The normalized spacial score (nSPS) is 11.5. The molecule has 0 bridgehead atoms. The summed E-state index contributed by atoms with van der Waals surface area (Å²) in [5.74, 6) is 2.28. The van der Waals surface area contributed by atoms with E-state index in [1.807, 2.05) is 12.1 Å². The van der Waals surface area contributed by atoms with Crippen LogP contribution in [-0.4, -0.2) is 32.9 Å². The molecule has 3 aromatic rings. The van der Waals surface area contributed by atoms with Crippen molar-refractivity contribution in [3.63, 3.8) is 0 Å². The molecule has 3 rings (SSSR count). The molecule has 1 aromatic carbocycles. The zero-order valence-electron chi connectivity index (χ0n) is 13.8. The summed E-state index contributed by atoms with van der Waals surface area (Å²) in [6, 6.07) is 5.44. The number of aromatic nitrogens is 2. The first-order chi connectivity index (χ1) is 13.1. The van der Waals surface area contributed by atoms with E-state index in [2.05, 4.69) is 21.2 Å². The summed E-state index contributed by atoms with van der Waals surface area (Å²) < 4.78 is 2.70. The SMILES string of the molecule is C#CCn1c(=NC(=O)CSCC(=O)Nc2nccs2)sc2cc(Cl)ccc21. The monoisotopic (exact) mass is 436 g/mol. The number of nitrogens with zero attached hydrogens (tertiary/aromatic N) is 3. The first-order valence-electron chi connectivity index (χ1n) is 7.64. The van der Waals surface area contributed by atoms with Gasteiger partial charge in [0.2, 0.25) is 5.91 Å². The molecule has 0 radical (unpaired) electrons. The van der Waals surface area contributed by atoms with Crippen molar-refractivity contribution in [3.8, 4) is 12.3 Å². The number of thioether (sulfide) groups is 1. The minimum absolute atomic E-state index is 0.0936. The summed E-state index contributed by atoms with van der Waals surface area (Å²) in [6.45, 7) is 0.303. The molecule has 0 aliphatic rings. The first kappa shape index (κ1) is 19.6. The van der Waals surface area contributed by atoms with Gasteiger partial charge in [0.25, 0.3) is 5.91 Å². The molecule has 0 saturated heterocycles. The van der Waals surface area contributed by atoms with Gasteiger partial charge in [-0.05, 0) is 18.2 Å². The van der Waals surface area contributed by atoms with Gasteiger partial charge in [-0.1, -0.05) is 28.9 Å². The van der Waals surface area contributed by atoms with Gasteiger partial charge in [0.1, 0.15) is 0 Å². The van der Waals surface area contributed by atoms with Crippen LogP contribution in [0.5, 0.6) is 0 Å². The van der Waals surface area contributed by atoms with E-state index in [4.69, 9.17) is 18.0 Å². The van der Waals surface area contributed by atoms with Gasteiger partial charge in [0, 0.05) is 16.6 Å². The molecular weight excluding hydrogens is 424 g/mol. The van der Waals surface area contributed by atoms with Crippen molar-refractivity contribution in [1.82, 2.24) is 9.55 Å². The molecule has 0 spiro atoms. The number of anilines is 1. The van der Waals surface area contributed by atoms with Crippen LogP contribution in [0.3, 0.4) is 0 Å². The molecule has 2 amide bonds. The van der Waals surface area contributed by atoms with E-state index in [9.17, 15) is 9.59 Å². The van der Waals surface area contributed by atoms with E-state index in [1.165, 1.54) is 34.4 Å². The van der Waals surface area contributed by atoms with Gasteiger partial charge in [0.15, 0.2) is 9.93 Å². The lowest BCUT2D eigenvalue weighted by atomic mass is 10.3. The number of nitrogens with one attached hydrogen (secondary N) is 1. The average Bonchev–Trinajstić information content (AvgIpc) is 3.23. The largest absolute Gasteiger partial charge is 0.305 e. The Labute approximate surface area is 172 Å². The number of halogens is 1. The molecule has 0 unspecified atom stereocenters. The van der Waals surface area contributed by atoms with Gasteiger partial charge in [0.05, 0.1) is 28.3 Å². The van der Waals surface area contributed by atoms with Crippen molar-refractivity contribution >= 4 is 73.2 Å². The van der Waals surface area contributed by atoms with E-state index in [1.54, 1.807) is 22.2 Å². The van der Waals surface area contributed by atoms with Crippen LogP contribution >= 0.6 is 46.0 Å². The summed E-state index contributed by atoms with van der Waals surface area (Å²) >= 11 is 9.91. The number of amides is 2. The highest BCUT2D eigenvalue weighted by Crippen LogP contribution is 2.21. The number of hydrogen-bond acceptors (Lipinski definition) is 6. The third-order valence-corrected chi connectivity index (χ3v) is 6.13. The number of thiazole rings is 2. The molecule has 0 fully saturated rings. The molecule has 2 heterocycles. The standard InChI is InChI=1S/C17H13ClN4O2S3/c1-2-6-22-12-4-3-11(18)8-13(12)27-17(22)21-15(24)10-25-9-14(23)20-16-19-5-7-26-16/h1,3-5,7-8H,6,9-10H2,(H,19,20,23). The second-order valence-corrected chi connectivity index (χ2v) is 8.50. The highest BCUT2D eigenvalue weighted by atomic mass is 35.5. The average molecular weight is 437 g/mol. The second kappa shape index (κ2) is 9.19. The molecule has 27 heavy (non-hydrogen) atoms. The molecule has 0 atom stereocenters. The number of hydrogen-bond donors (Lipinski definition) is 1. The van der Waals surface area contributed by atoms with Gasteiger partial charge in [-0.3, -0.25) is 9.59 Å². The maximum absolute atomic E-state index is 12.2. The van der Waals surface area contributed by atoms with Crippen molar-refractivity contribution in [2.45, 2.75) is 6.54 Å². The van der Waals surface area contributed by atoms with Gasteiger partial charge in [-0.25, -0.2) is 4.98 Å². The van der Waals surface area contributed by atoms with E-state index in [0.717, 1.165) is 10.2 Å². The van der Waals surface area contributed by atoms with Crippen LogP contribution in [0.1, 0.15) is 0 Å². The second-order valence-electron chi connectivity index (χ2n) is 5.17. The highest BCUT2D eigenvalue weighted by Gasteiger charge is 2.09. The molecule has 0 aliphatic carbocycles. The molecule has 1 N–H and O–H groups in total. The summed E-state index contributed by atoms with van der Waals surface area (Å²) in [6.07, 6.45) is 7.05. The van der Waals surface area contributed by atoms with Crippen LogP contribution in [0.15, 0.2) is 34.8 Å². The van der Waals surface area contributed by atoms with Crippen LogP contribution in [-0.2, 0) is 16.1 Å². The molecule has 0 aliphatic heterocycles. The smallest absolute Gasteiger partial charge is 0.258 e. The van der Waals surface area contributed by atoms with E-state index in [0.29, 0.717) is 21.5 Å². The number of carbonyl (C=O) groups excluding carboxylic acids is 2. The summed E-state index contributed by atoms with van der Waals surface area (Å²) in [4.78, 5) is 32.6. The summed E-state index contributed by atoms with van der Waals surface area (Å²) in [5, 5.41) is 5.58. The topological polar surface area (TPSA) is 76.3 Å². The third-order valence-electron chi connectivity index (χ3n) is 3.25. The van der Waals surface area contributed by atoms with Gasteiger partial charge < -0.3 is 9.88 Å². The Balaban J connectivity index is 1.67. The lowest BCUT2D eigenvalue weighted by molar-refractivity contribution is -0.115. The first-order valence-corrected chi connectivity index (χ1v) is 10.9. The minimum atomic E-state index is -0.328. The maximum Gasteiger partial charge on any atom is 0.258 e. The van der Waals surface area contributed by atoms with E-state index < -0.39 is 0 Å². The Morgan fingerprint density at radius 1 is 1.41 bits per heavy atom. The molecule has 138 valence electrons. The van der Waals surface area contributed by atoms with E-state index in [-0.39, 0.29) is 23.3 Å². The summed E-state index contributed by atoms with van der Waals surface area (Å²) in [5.41, 5.74) is 0.879. The van der Waals surface area contributed by atoms with Gasteiger partial charge >= 0.3 is 0 Å². The van der Waals surface area contributed by atoms with Crippen LogP contribution in [0.2, 0.25) is 5.02 Å². The molecule has 10 heteroatoms. The minimum Gasteiger partial charge on any atom is -0.305 e. The maximum atomic E-state index is 12.2. The summed E-state index contributed by atoms with van der Waals surface area (Å²) in [7, 11) is 0. The number of benzene rings is 1. The van der Waals surface area contributed by atoms with Crippen molar-refractivity contribution < 1.29 is 9.59 Å². The Bertz CT molecular complexity index is 1080. The highest BCUT2D eigenvalue weighted by molar-refractivity contribution is 8.00. The van der Waals surface area contributed by atoms with Crippen molar-refractivity contribution in [3.05, 3.63) is 39.6 Å². The van der Waals surface area contributed by atoms with Crippen LogP contribution in [0.25, 0.3) is 10.2 Å². The molecule has 6 nitrogen and oxygen atoms in total. The van der Waals surface area contributed by atoms with Gasteiger partial charge in [-0.15, -0.1) is 29.5 Å². The van der Waals surface area contributed by atoms with Crippen molar-refractivity contribution in [2.24, 2.45) is 4.99 Å². The Hall–Kier alpha value is -2.12. The Kier molecular flexibility index (Phi) is 6.68.